The quantitative estimate of drug-likeness (QED) is 0.266. The smallest absolute Gasteiger partial charge is 0.298 e. The van der Waals surface area contributed by atoms with Gasteiger partial charge in [0.05, 0.1) is 27.8 Å². The molecule has 176 valence electrons. The Kier molecular flexibility index (Phi) is 6.56. The van der Waals surface area contributed by atoms with E-state index in [1.807, 2.05) is 0 Å². The Morgan fingerprint density at radius 3 is 1.91 bits per heavy atom. The normalized spacial score (nSPS) is 13.1. The number of phenolic OH excluding ortho intramolecular Hbond substituents is 1. The summed E-state index contributed by atoms with van der Waals surface area (Å²) in [6, 6.07) is 8.82. The number of benzene rings is 3. The minimum absolute atomic E-state index is 0.0400. The summed E-state index contributed by atoms with van der Waals surface area (Å²) < 4.78 is 88.7. The molecule has 0 radical (unpaired) electrons. The van der Waals surface area contributed by atoms with E-state index < -0.39 is 63.7 Å². The molecule has 0 aromatic heterocycles. The summed E-state index contributed by atoms with van der Waals surface area (Å²) in [5.41, 5.74) is -0.323. The van der Waals surface area contributed by atoms with E-state index in [0.717, 1.165) is 24.3 Å². The van der Waals surface area contributed by atoms with Crippen molar-refractivity contribution in [2.75, 3.05) is 12.4 Å². The molecule has 3 rings (SSSR count). The highest BCUT2D eigenvalue weighted by molar-refractivity contribution is 7.91. The number of hydrogen-bond acceptors (Lipinski definition) is 10. The first-order valence-electron chi connectivity index (χ1n) is 8.84. The maximum Gasteiger partial charge on any atom is 0.298 e. The topological polar surface area (TPSA) is 208 Å². The SMILES string of the molecule is O=S(=O)(O)c1ccc2c(N=Nc3ccc(S(=O)(=O)CCO)cc3)c(O)c(S(=O)(=O)O)cc2c1. The van der Waals surface area contributed by atoms with Gasteiger partial charge in [0, 0.05) is 5.39 Å². The van der Waals surface area contributed by atoms with Crippen molar-refractivity contribution in [1.82, 2.24) is 0 Å². The van der Waals surface area contributed by atoms with E-state index in [1.165, 1.54) is 24.3 Å². The minimum Gasteiger partial charge on any atom is -0.504 e. The predicted molar refractivity (Wildman–Crippen MR) is 115 cm³/mol. The van der Waals surface area contributed by atoms with Crippen LogP contribution >= 0.6 is 0 Å². The van der Waals surface area contributed by atoms with Crippen LogP contribution < -0.4 is 0 Å². The van der Waals surface area contributed by atoms with Crippen LogP contribution in [0, 0.1) is 0 Å². The molecule has 0 spiro atoms. The van der Waals surface area contributed by atoms with Gasteiger partial charge in [0.1, 0.15) is 10.6 Å². The predicted octanol–water partition coefficient (Wildman–Crippen LogP) is 2.22. The van der Waals surface area contributed by atoms with Crippen molar-refractivity contribution in [1.29, 1.82) is 0 Å². The van der Waals surface area contributed by atoms with Crippen molar-refractivity contribution < 1.29 is 44.6 Å². The van der Waals surface area contributed by atoms with Crippen LogP contribution in [0.3, 0.4) is 0 Å². The fraction of sp³-hybridized carbons (Fsp3) is 0.111. The zero-order valence-corrected chi connectivity index (χ0v) is 18.8. The van der Waals surface area contributed by atoms with Crippen LogP contribution in [0.2, 0.25) is 0 Å². The van der Waals surface area contributed by atoms with Gasteiger partial charge in [-0.1, -0.05) is 6.07 Å². The summed E-state index contributed by atoms with van der Waals surface area (Å²) in [5.74, 6) is -1.43. The Labute approximate surface area is 188 Å². The summed E-state index contributed by atoms with van der Waals surface area (Å²) >= 11 is 0. The Balaban J connectivity index is 2.15. The molecule has 0 aliphatic carbocycles. The second-order valence-corrected chi connectivity index (χ2v) is 11.6. The van der Waals surface area contributed by atoms with Crippen LogP contribution in [-0.2, 0) is 30.1 Å². The van der Waals surface area contributed by atoms with Crippen LogP contribution in [0.25, 0.3) is 10.8 Å². The molecule has 0 atom stereocenters. The van der Waals surface area contributed by atoms with Gasteiger partial charge in [-0.15, -0.1) is 5.11 Å². The van der Waals surface area contributed by atoms with Gasteiger partial charge in [0.25, 0.3) is 20.2 Å². The van der Waals surface area contributed by atoms with E-state index in [9.17, 15) is 39.5 Å². The van der Waals surface area contributed by atoms with Crippen LogP contribution in [0.15, 0.2) is 73.4 Å². The number of fused-ring (bicyclic) bond motifs is 1. The van der Waals surface area contributed by atoms with Gasteiger partial charge in [-0.25, -0.2) is 8.42 Å². The molecule has 0 amide bonds. The first-order chi connectivity index (χ1) is 15.2. The molecule has 15 heteroatoms. The number of aromatic hydroxyl groups is 1. The zero-order chi connectivity index (χ0) is 24.6. The lowest BCUT2D eigenvalue weighted by molar-refractivity contribution is 0.319. The highest BCUT2D eigenvalue weighted by Crippen LogP contribution is 2.41. The second kappa shape index (κ2) is 8.77. The lowest BCUT2D eigenvalue weighted by Crippen LogP contribution is -2.09. The second-order valence-electron chi connectivity index (χ2n) is 6.64. The van der Waals surface area contributed by atoms with Gasteiger partial charge < -0.3 is 10.2 Å². The summed E-state index contributed by atoms with van der Waals surface area (Å²) in [5, 5.41) is 26.8. The minimum atomic E-state index is -4.96. The molecule has 12 nitrogen and oxygen atoms in total. The maximum absolute atomic E-state index is 12.0. The van der Waals surface area contributed by atoms with E-state index in [4.69, 9.17) is 5.11 Å². The van der Waals surface area contributed by atoms with Crippen molar-refractivity contribution >= 4 is 52.2 Å². The molecular formula is C18H16N2O10S3. The van der Waals surface area contributed by atoms with Crippen LogP contribution in [0.5, 0.6) is 5.75 Å². The van der Waals surface area contributed by atoms with E-state index in [0.29, 0.717) is 0 Å². The van der Waals surface area contributed by atoms with E-state index >= 15 is 0 Å². The number of phenols is 1. The third-order valence-corrected chi connectivity index (χ3v) is 7.85. The average Bonchev–Trinajstić information content (AvgIpc) is 2.71. The van der Waals surface area contributed by atoms with Crippen molar-refractivity contribution in [3.05, 3.63) is 48.5 Å². The fourth-order valence-electron chi connectivity index (χ4n) is 2.85. The van der Waals surface area contributed by atoms with Gasteiger partial charge in [0.2, 0.25) is 0 Å². The Morgan fingerprint density at radius 1 is 0.758 bits per heavy atom. The fourth-order valence-corrected chi connectivity index (χ4v) is 5.01. The zero-order valence-electron chi connectivity index (χ0n) is 16.4. The lowest BCUT2D eigenvalue weighted by atomic mass is 10.1. The molecule has 0 saturated carbocycles. The number of aliphatic hydroxyl groups excluding tert-OH is 1. The maximum atomic E-state index is 12.0. The summed E-state index contributed by atoms with van der Waals surface area (Å²) in [6.45, 7) is -0.556. The molecule has 0 fully saturated rings. The molecule has 0 saturated heterocycles. The van der Waals surface area contributed by atoms with Gasteiger partial charge in [0.15, 0.2) is 15.6 Å². The molecule has 0 unspecified atom stereocenters. The molecule has 4 N–H and O–H groups in total. The number of rotatable bonds is 7. The van der Waals surface area contributed by atoms with Crippen molar-refractivity contribution in [3.63, 3.8) is 0 Å². The average molecular weight is 517 g/mol. The van der Waals surface area contributed by atoms with E-state index in [-0.39, 0.29) is 21.4 Å². The third-order valence-electron chi connectivity index (χ3n) is 4.42. The molecule has 0 aliphatic rings. The lowest BCUT2D eigenvalue weighted by Gasteiger charge is -2.09. The van der Waals surface area contributed by atoms with Gasteiger partial charge in [-0.3, -0.25) is 9.11 Å². The molecule has 33 heavy (non-hydrogen) atoms. The number of hydrogen-bond donors (Lipinski definition) is 4. The first kappa shape index (κ1) is 24.7. The van der Waals surface area contributed by atoms with Crippen LogP contribution in [0.1, 0.15) is 0 Å². The highest BCUT2D eigenvalue weighted by atomic mass is 32.2. The first-order valence-corrected chi connectivity index (χ1v) is 13.4. The number of aliphatic hydroxyl groups is 1. The third kappa shape index (κ3) is 5.35. The van der Waals surface area contributed by atoms with Crippen LogP contribution in [0.4, 0.5) is 11.4 Å². The number of nitrogens with zero attached hydrogens (tertiary/aromatic N) is 2. The van der Waals surface area contributed by atoms with Gasteiger partial charge in [-0.2, -0.15) is 21.9 Å². The summed E-state index contributed by atoms with van der Waals surface area (Å²) in [4.78, 5) is -1.61. The van der Waals surface area contributed by atoms with Gasteiger partial charge in [-0.05, 0) is 47.9 Å². The van der Waals surface area contributed by atoms with Crippen LogP contribution in [-0.4, -0.2) is 56.9 Å². The van der Waals surface area contributed by atoms with E-state index in [2.05, 4.69) is 10.2 Å². The molecule has 0 aliphatic heterocycles. The molecule has 3 aromatic rings. The standard InChI is InChI=1S/C18H16N2O10S3/c21-7-8-31(23,24)13-3-1-12(2-4-13)19-20-17-15-6-5-14(32(25,26)27)9-11(15)10-16(18(17)22)33(28,29)30/h1-6,9-10,21-22H,7-8H2,(H,25,26,27)(H,28,29,30). The molecule has 3 aromatic carbocycles. The van der Waals surface area contributed by atoms with Crippen molar-refractivity contribution in [2.24, 2.45) is 10.2 Å². The number of azo groups is 1. The Morgan fingerprint density at radius 2 is 1.36 bits per heavy atom. The van der Waals surface area contributed by atoms with Crippen molar-refractivity contribution in [3.8, 4) is 5.75 Å². The molecule has 0 bridgehead atoms. The van der Waals surface area contributed by atoms with Crippen molar-refractivity contribution in [2.45, 2.75) is 14.7 Å². The monoisotopic (exact) mass is 516 g/mol. The Bertz CT molecular complexity index is 1580. The summed E-state index contributed by atoms with van der Waals surface area (Å²) in [6.07, 6.45) is 0. The molecule has 0 heterocycles. The summed E-state index contributed by atoms with van der Waals surface area (Å²) in [7, 11) is -13.3. The van der Waals surface area contributed by atoms with E-state index in [1.54, 1.807) is 0 Å². The Hall–Kier alpha value is -2.95. The largest absolute Gasteiger partial charge is 0.504 e. The number of sulfone groups is 1. The molecular weight excluding hydrogens is 500 g/mol. The van der Waals surface area contributed by atoms with Gasteiger partial charge >= 0.3 is 0 Å². The highest BCUT2D eigenvalue weighted by Gasteiger charge is 2.23.